The average Bonchev–Trinajstić information content (AvgIpc) is 3.03. The topological polar surface area (TPSA) is 72.7 Å². The lowest BCUT2D eigenvalue weighted by Crippen LogP contribution is -2.15. The van der Waals surface area contributed by atoms with E-state index in [0.717, 1.165) is 5.56 Å². The van der Waals surface area contributed by atoms with Gasteiger partial charge in [-0.05, 0) is 34.2 Å². The molecule has 0 aliphatic carbocycles. The molecule has 0 radical (unpaired) electrons. The van der Waals surface area contributed by atoms with E-state index in [1.807, 2.05) is 30.3 Å². The quantitative estimate of drug-likeness (QED) is 0.645. The van der Waals surface area contributed by atoms with Crippen LogP contribution >= 0.6 is 35.0 Å². The summed E-state index contributed by atoms with van der Waals surface area (Å²) >= 11 is 13.1. The van der Waals surface area contributed by atoms with E-state index in [2.05, 4.69) is 20.8 Å². The highest BCUT2D eigenvalue weighted by atomic mass is 35.5. The van der Waals surface area contributed by atoms with Crippen LogP contribution in [0.1, 0.15) is 5.56 Å². The van der Waals surface area contributed by atoms with Crippen molar-refractivity contribution in [3.63, 3.8) is 0 Å². The highest BCUT2D eigenvalue weighted by molar-refractivity contribution is 7.99. The first-order valence-corrected chi connectivity index (χ1v) is 9.04. The summed E-state index contributed by atoms with van der Waals surface area (Å²) in [5.74, 6) is -0.0443. The molecule has 3 rings (SSSR count). The van der Waals surface area contributed by atoms with Gasteiger partial charge in [0.15, 0.2) is 0 Å². The molecule has 0 aliphatic rings. The minimum atomic E-state index is -0.205. The maximum Gasteiger partial charge on any atom is 0.234 e. The second kappa shape index (κ2) is 8.33. The third kappa shape index (κ3) is 4.94. The van der Waals surface area contributed by atoms with E-state index < -0.39 is 0 Å². The molecule has 3 aromatic rings. The van der Waals surface area contributed by atoms with Gasteiger partial charge < -0.3 is 5.32 Å². The Balaban J connectivity index is 1.58. The number of benzene rings is 2. The van der Waals surface area contributed by atoms with E-state index in [9.17, 15) is 4.79 Å². The molecule has 25 heavy (non-hydrogen) atoms. The van der Waals surface area contributed by atoms with E-state index in [-0.39, 0.29) is 11.7 Å². The van der Waals surface area contributed by atoms with Crippen molar-refractivity contribution in [1.29, 1.82) is 0 Å². The Bertz CT molecular complexity index is 872. The number of amides is 1. The molecule has 1 N–H and O–H groups in total. The molecule has 0 fully saturated rings. The van der Waals surface area contributed by atoms with Crippen LogP contribution in [-0.2, 0) is 11.3 Å². The number of halogens is 2. The van der Waals surface area contributed by atoms with Crippen LogP contribution in [0.5, 0.6) is 0 Å². The first kappa shape index (κ1) is 17.7. The lowest BCUT2D eigenvalue weighted by atomic mass is 10.2. The van der Waals surface area contributed by atoms with Crippen molar-refractivity contribution in [3.05, 3.63) is 64.1 Å². The molecule has 128 valence electrons. The van der Waals surface area contributed by atoms with Crippen molar-refractivity contribution in [3.8, 4) is 0 Å². The third-order valence-corrected chi connectivity index (χ3v) is 4.72. The molecule has 0 aliphatic heterocycles. The molecule has 0 bridgehead atoms. The zero-order valence-electron chi connectivity index (χ0n) is 12.9. The molecule has 9 heteroatoms. The largest absolute Gasteiger partial charge is 0.324 e. The van der Waals surface area contributed by atoms with Crippen molar-refractivity contribution in [2.24, 2.45) is 0 Å². The number of hydrogen-bond donors (Lipinski definition) is 1. The molecule has 0 saturated carbocycles. The fraction of sp³-hybridized carbons (Fsp3) is 0.125. The summed E-state index contributed by atoms with van der Waals surface area (Å²) in [6, 6.07) is 14.7. The van der Waals surface area contributed by atoms with Gasteiger partial charge in [0.2, 0.25) is 11.1 Å². The molecular weight excluding hydrogens is 381 g/mol. The Morgan fingerprint density at radius 2 is 1.96 bits per heavy atom. The third-order valence-electron chi connectivity index (χ3n) is 3.21. The fourth-order valence-electron chi connectivity index (χ4n) is 2.06. The van der Waals surface area contributed by atoms with Crippen LogP contribution in [-0.4, -0.2) is 31.9 Å². The fourth-order valence-corrected chi connectivity index (χ4v) is 3.20. The number of carbonyl (C=O) groups is 1. The van der Waals surface area contributed by atoms with Crippen LogP contribution in [0.2, 0.25) is 10.0 Å². The molecule has 2 aromatic carbocycles. The van der Waals surface area contributed by atoms with Crippen LogP contribution in [0.25, 0.3) is 0 Å². The summed E-state index contributed by atoms with van der Waals surface area (Å²) in [4.78, 5) is 12.1. The summed E-state index contributed by atoms with van der Waals surface area (Å²) in [6.07, 6.45) is 0. The number of nitrogens with one attached hydrogen (secondary N) is 1. The van der Waals surface area contributed by atoms with E-state index in [1.165, 1.54) is 11.8 Å². The number of hydrogen-bond acceptors (Lipinski definition) is 5. The molecule has 6 nitrogen and oxygen atoms in total. The van der Waals surface area contributed by atoms with Gasteiger partial charge in [-0.1, -0.05) is 65.3 Å². The van der Waals surface area contributed by atoms with Gasteiger partial charge in [-0.3, -0.25) is 4.79 Å². The number of nitrogens with zero attached hydrogens (tertiary/aromatic N) is 4. The number of tetrazole rings is 1. The van der Waals surface area contributed by atoms with Crippen molar-refractivity contribution >= 4 is 46.6 Å². The smallest absolute Gasteiger partial charge is 0.234 e. The maximum absolute atomic E-state index is 12.1. The first-order valence-electron chi connectivity index (χ1n) is 7.29. The van der Waals surface area contributed by atoms with Gasteiger partial charge in [-0.15, -0.1) is 5.10 Å². The molecule has 0 atom stereocenters. The predicted octanol–water partition coefficient (Wildman–Crippen LogP) is 3.76. The number of aromatic nitrogens is 4. The molecule has 1 aromatic heterocycles. The van der Waals surface area contributed by atoms with Crippen LogP contribution in [0, 0.1) is 0 Å². The molecule has 0 spiro atoms. The summed E-state index contributed by atoms with van der Waals surface area (Å²) < 4.78 is 1.66. The lowest BCUT2D eigenvalue weighted by molar-refractivity contribution is -0.113. The molecule has 1 heterocycles. The van der Waals surface area contributed by atoms with Crippen molar-refractivity contribution in [1.82, 2.24) is 20.2 Å². The average molecular weight is 394 g/mol. The predicted molar refractivity (Wildman–Crippen MR) is 99.2 cm³/mol. The Morgan fingerprint density at radius 1 is 1.16 bits per heavy atom. The van der Waals surface area contributed by atoms with Gasteiger partial charge in [0.05, 0.1) is 23.0 Å². The standard InChI is InChI=1S/C16H13Cl2N5OS/c17-12-6-7-14(13(18)8-12)19-15(24)10-25-16-20-21-22-23(16)9-11-4-2-1-3-5-11/h1-8H,9-10H2,(H,19,24). The zero-order valence-corrected chi connectivity index (χ0v) is 15.2. The summed E-state index contributed by atoms with van der Waals surface area (Å²) in [6.45, 7) is 0.542. The van der Waals surface area contributed by atoms with Crippen LogP contribution < -0.4 is 5.32 Å². The number of rotatable bonds is 6. The van der Waals surface area contributed by atoms with Crippen molar-refractivity contribution < 1.29 is 4.79 Å². The summed E-state index contributed by atoms with van der Waals surface area (Å²) in [7, 11) is 0. The van der Waals surface area contributed by atoms with Gasteiger partial charge in [-0.25, -0.2) is 4.68 Å². The molecule has 0 unspecified atom stereocenters. The number of carbonyl (C=O) groups excluding carboxylic acids is 1. The Labute approximate surface area is 158 Å². The highest BCUT2D eigenvalue weighted by Crippen LogP contribution is 2.25. The molecule has 0 saturated heterocycles. The van der Waals surface area contributed by atoms with Gasteiger partial charge in [0.25, 0.3) is 0 Å². The van der Waals surface area contributed by atoms with Gasteiger partial charge in [0, 0.05) is 5.02 Å². The number of thioether (sulfide) groups is 1. The zero-order chi connectivity index (χ0) is 17.6. The lowest BCUT2D eigenvalue weighted by Gasteiger charge is -2.07. The second-order valence-corrected chi connectivity index (χ2v) is 6.85. The SMILES string of the molecule is O=C(CSc1nnnn1Cc1ccccc1)Nc1ccc(Cl)cc1Cl. The first-order chi connectivity index (χ1) is 12.1. The molecular formula is C16H13Cl2N5OS. The molecule has 1 amide bonds. The van der Waals surface area contributed by atoms with Gasteiger partial charge >= 0.3 is 0 Å². The van der Waals surface area contributed by atoms with E-state index in [0.29, 0.717) is 27.4 Å². The van der Waals surface area contributed by atoms with Crippen molar-refractivity contribution in [2.45, 2.75) is 11.7 Å². The Morgan fingerprint density at radius 3 is 2.72 bits per heavy atom. The van der Waals surface area contributed by atoms with E-state index in [1.54, 1.807) is 22.9 Å². The maximum atomic E-state index is 12.1. The van der Waals surface area contributed by atoms with Gasteiger partial charge in [0.1, 0.15) is 0 Å². The van der Waals surface area contributed by atoms with Gasteiger partial charge in [-0.2, -0.15) is 0 Å². The van der Waals surface area contributed by atoms with E-state index >= 15 is 0 Å². The Kier molecular flexibility index (Phi) is 5.91. The van der Waals surface area contributed by atoms with Crippen LogP contribution in [0.3, 0.4) is 0 Å². The minimum Gasteiger partial charge on any atom is -0.324 e. The van der Waals surface area contributed by atoms with Crippen LogP contribution in [0.4, 0.5) is 5.69 Å². The van der Waals surface area contributed by atoms with E-state index in [4.69, 9.17) is 23.2 Å². The highest BCUT2D eigenvalue weighted by Gasteiger charge is 2.12. The summed E-state index contributed by atoms with van der Waals surface area (Å²) in [5.41, 5.74) is 1.59. The van der Waals surface area contributed by atoms with Crippen LogP contribution in [0.15, 0.2) is 53.7 Å². The minimum absolute atomic E-state index is 0.161. The second-order valence-electron chi connectivity index (χ2n) is 5.07. The van der Waals surface area contributed by atoms with Crippen molar-refractivity contribution in [2.75, 3.05) is 11.1 Å². The Hall–Kier alpha value is -2.09. The monoisotopic (exact) mass is 393 g/mol. The normalized spacial score (nSPS) is 10.6. The number of anilines is 1. The summed E-state index contributed by atoms with van der Waals surface area (Å²) in [5, 5.41) is 15.8.